The molecule has 0 saturated heterocycles. The van der Waals surface area contributed by atoms with Crippen molar-refractivity contribution < 1.29 is 18.6 Å². The van der Waals surface area contributed by atoms with Crippen LogP contribution < -0.4 is 10.5 Å². The molecule has 2 rings (SSSR count). The van der Waals surface area contributed by atoms with Crippen LogP contribution >= 0.6 is 11.3 Å². The lowest BCUT2D eigenvalue weighted by Gasteiger charge is -2.07. The average Bonchev–Trinajstić information content (AvgIpc) is 2.52. The van der Waals surface area contributed by atoms with Gasteiger partial charge in [-0.15, -0.1) is 11.3 Å². The zero-order chi connectivity index (χ0) is 13.3. The van der Waals surface area contributed by atoms with E-state index in [-0.39, 0.29) is 11.5 Å². The maximum Gasteiger partial charge on any atom is 0.387 e. The van der Waals surface area contributed by atoms with Crippen LogP contribution in [-0.4, -0.2) is 11.7 Å². The van der Waals surface area contributed by atoms with Crippen LogP contribution in [0, 0.1) is 6.92 Å². The highest BCUT2D eigenvalue weighted by atomic mass is 32.1. The summed E-state index contributed by atoms with van der Waals surface area (Å²) >= 11 is 1.25. The van der Waals surface area contributed by atoms with Crippen LogP contribution in [0.2, 0.25) is 0 Å². The van der Waals surface area contributed by atoms with Crippen molar-refractivity contribution in [2.75, 3.05) is 5.73 Å². The van der Waals surface area contributed by atoms with E-state index < -0.39 is 6.61 Å². The Balaban J connectivity index is 2.44. The molecular weight excluding hydrogens is 260 g/mol. The Morgan fingerprint density at radius 3 is 2.67 bits per heavy atom. The third-order valence-electron chi connectivity index (χ3n) is 2.43. The summed E-state index contributed by atoms with van der Waals surface area (Å²) in [7, 11) is 0. The van der Waals surface area contributed by atoms with Gasteiger partial charge in [-0.25, -0.2) is 0 Å². The van der Waals surface area contributed by atoms with Crippen molar-refractivity contribution in [3.05, 3.63) is 29.1 Å². The molecule has 0 saturated carbocycles. The molecule has 0 aliphatic heterocycles. The summed E-state index contributed by atoms with van der Waals surface area (Å²) in [5.74, 6) is 0.108. The van der Waals surface area contributed by atoms with E-state index in [0.29, 0.717) is 21.0 Å². The van der Waals surface area contributed by atoms with Gasteiger partial charge in [0.05, 0.1) is 10.6 Å². The summed E-state index contributed by atoms with van der Waals surface area (Å²) in [6, 6.07) is 6.08. The van der Waals surface area contributed by atoms with Gasteiger partial charge >= 0.3 is 6.61 Å². The average molecular weight is 271 g/mol. The summed E-state index contributed by atoms with van der Waals surface area (Å²) in [5.41, 5.74) is 6.80. The third-order valence-corrected chi connectivity index (χ3v) is 3.35. The topological polar surface area (TPSA) is 55.5 Å². The van der Waals surface area contributed by atoms with E-state index in [4.69, 9.17) is 5.73 Å². The Kier molecular flexibility index (Phi) is 3.38. The SMILES string of the molecule is Cc1sc(N)c(-c2cccc(OC(F)F)c2)c1O. The number of halogens is 2. The van der Waals surface area contributed by atoms with E-state index in [0.717, 1.165) is 0 Å². The van der Waals surface area contributed by atoms with Crippen LogP contribution in [0.15, 0.2) is 24.3 Å². The minimum absolute atomic E-state index is 0.0325. The molecule has 3 N–H and O–H groups in total. The highest BCUT2D eigenvalue weighted by Gasteiger charge is 2.15. The second-order valence-corrected chi connectivity index (χ2v) is 4.91. The summed E-state index contributed by atoms with van der Waals surface area (Å²) in [6.45, 7) is -1.14. The van der Waals surface area contributed by atoms with Crippen molar-refractivity contribution >= 4 is 16.3 Å². The van der Waals surface area contributed by atoms with Crippen LogP contribution in [0.5, 0.6) is 11.5 Å². The standard InChI is InChI=1S/C12H11F2NO2S/c1-6-10(16)9(11(15)18-6)7-3-2-4-8(5-7)17-12(13)14/h2-5,12,16H,15H2,1H3. The van der Waals surface area contributed by atoms with E-state index in [1.807, 2.05) is 0 Å². The maximum atomic E-state index is 12.1. The molecule has 0 radical (unpaired) electrons. The number of anilines is 1. The molecule has 0 aliphatic carbocycles. The smallest absolute Gasteiger partial charge is 0.387 e. The number of nitrogens with two attached hydrogens (primary N) is 1. The summed E-state index contributed by atoms with van der Waals surface area (Å²) in [4.78, 5) is 0.683. The van der Waals surface area contributed by atoms with Gasteiger partial charge in [0, 0.05) is 4.88 Å². The first-order valence-electron chi connectivity index (χ1n) is 5.12. The molecule has 1 heterocycles. The molecule has 0 unspecified atom stereocenters. The molecule has 96 valence electrons. The van der Waals surface area contributed by atoms with Crippen molar-refractivity contribution in [2.45, 2.75) is 13.5 Å². The van der Waals surface area contributed by atoms with Gasteiger partial charge in [0.1, 0.15) is 11.5 Å². The second-order valence-electron chi connectivity index (χ2n) is 3.65. The number of rotatable bonds is 3. The van der Waals surface area contributed by atoms with E-state index in [2.05, 4.69) is 4.74 Å². The van der Waals surface area contributed by atoms with E-state index in [1.54, 1.807) is 19.1 Å². The lowest BCUT2D eigenvalue weighted by Crippen LogP contribution is -2.01. The quantitative estimate of drug-likeness (QED) is 0.896. The Hall–Kier alpha value is -1.82. The minimum atomic E-state index is -2.88. The maximum absolute atomic E-state index is 12.1. The van der Waals surface area contributed by atoms with Crippen molar-refractivity contribution in [3.8, 4) is 22.6 Å². The number of alkyl halides is 2. The third kappa shape index (κ3) is 2.38. The van der Waals surface area contributed by atoms with Gasteiger partial charge in [-0.05, 0) is 24.6 Å². The molecule has 1 aromatic heterocycles. The Bertz CT molecular complexity index is 569. The van der Waals surface area contributed by atoms with Crippen LogP contribution in [0.4, 0.5) is 13.8 Å². The van der Waals surface area contributed by atoms with Crippen molar-refractivity contribution in [3.63, 3.8) is 0 Å². The molecule has 18 heavy (non-hydrogen) atoms. The zero-order valence-corrected chi connectivity index (χ0v) is 10.3. The second kappa shape index (κ2) is 4.81. The molecule has 6 heteroatoms. The number of nitrogen functional groups attached to an aromatic ring is 1. The fourth-order valence-corrected chi connectivity index (χ4v) is 2.51. The Morgan fingerprint density at radius 2 is 2.11 bits per heavy atom. The number of thiophene rings is 1. The van der Waals surface area contributed by atoms with Crippen LogP contribution in [0.3, 0.4) is 0 Å². The first kappa shape index (κ1) is 12.6. The predicted molar refractivity (Wildman–Crippen MR) is 67.2 cm³/mol. The number of hydrogen-bond donors (Lipinski definition) is 2. The highest BCUT2D eigenvalue weighted by Crippen LogP contribution is 2.44. The number of benzene rings is 1. The van der Waals surface area contributed by atoms with Gasteiger partial charge in [0.2, 0.25) is 0 Å². The highest BCUT2D eigenvalue weighted by molar-refractivity contribution is 7.16. The van der Waals surface area contributed by atoms with Crippen molar-refractivity contribution in [1.82, 2.24) is 0 Å². The van der Waals surface area contributed by atoms with Gasteiger partial charge in [0.15, 0.2) is 0 Å². The molecule has 0 spiro atoms. The lowest BCUT2D eigenvalue weighted by atomic mass is 10.1. The fourth-order valence-electron chi connectivity index (χ4n) is 1.66. The normalized spacial score (nSPS) is 10.9. The van der Waals surface area contributed by atoms with Crippen molar-refractivity contribution in [2.24, 2.45) is 0 Å². The van der Waals surface area contributed by atoms with Gasteiger partial charge < -0.3 is 15.6 Å². The molecule has 0 amide bonds. The first-order valence-corrected chi connectivity index (χ1v) is 5.93. The molecule has 0 atom stereocenters. The molecule has 2 aromatic rings. The lowest BCUT2D eigenvalue weighted by molar-refractivity contribution is -0.0498. The first-order chi connectivity index (χ1) is 8.49. The molecule has 3 nitrogen and oxygen atoms in total. The summed E-state index contributed by atoms with van der Waals surface area (Å²) < 4.78 is 28.6. The number of aryl methyl sites for hydroxylation is 1. The van der Waals surface area contributed by atoms with Crippen LogP contribution in [0.25, 0.3) is 11.1 Å². The number of aromatic hydroxyl groups is 1. The van der Waals surface area contributed by atoms with Crippen molar-refractivity contribution in [1.29, 1.82) is 0 Å². The molecule has 0 bridgehead atoms. The van der Waals surface area contributed by atoms with E-state index in [1.165, 1.54) is 23.5 Å². The molecule has 1 aromatic carbocycles. The van der Waals surface area contributed by atoms with Crippen LogP contribution in [-0.2, 0) is 0 Å². The van der Waals surface area contributed by atoms with Crippen LogP contribution in [0.1, 0.15) is 4.88 Å². The Labute approximate surface area is 106 Å². The minimum Gasteiger partial charge on any atom is -0.506 e. The van der Waals surface area contributed by atoms with E-state index >= 15 is 0 Å². The summed E-state index contributed by atoms with van der Waals surface area (Å²) in [6.07, 6.45) is 0. The monoisotopic (exact) mass is 271 g/mol. The molecule has 0 fully saturated rings. The summed E-state index contributed by atoms with van der Waals surface area (Å²) in [5, 5.41) is 10.3. The Morgan fingerprint density at radius 1 is 1.39 bits per heavy atom. The largest absolute Gasteiger partial charge is 0.506 e. The van der Waals surface area contributed by atoms with Gasteiger partial charge in [-0.1, -0.05) is 12.1 Å². The molecule has 0 aliphatic rings. The number of ether oxygens (including phenoxy) is 1. The molecular formula is C12H11F2NO2S. The zero-order valence-electron chi connectivity index (χ0n) is 9.48. The fraction of sp³-hybridized carbons (Fsp3) is 0.167. The van der Waals surface area contributed by atoms with Gasteiger partial charge in [0.25, 0.3) is 0 Å². The van der Waals surface area contributed by atoms with E-state index in [9.17, 15) is 13.9 Å². The number of hydrogen-bond acceptors (Lipinski definition) is 4. The van der Waals surface area contributed by atoms with Gasteiger partial charge in [-0.2, -0.15) is 8.78 Å². The van der Waals surface area contributed by atoms with Gasteiger partial charge in [-0.3, -0.25) is 0 Å². The predicted octanol–water partition coefficient (Wildman–Crippen LogP) is 3.61.